The van der Waals surface area contributed by atoms with E-state index in [0.29, 0.717) is 28.7 Å². The van der Waals surface area contributed by atoms with Gasteiger partial charge in [-0.05, 0) is 23.8 Å². The Balaban J connectivity index is 1.68. The summed E-state index contributed by atoms with van der Waals surface area (Å²) in [5.74, 6) is -0.0253. The lowest BCUT2D eigenvalue weighted by Gasteiger charge is -2.32. The first-order valence-corrected chi connectivity index (χ1v) is 8.70. The van der Waals surface area contributed by atoms with E-state index in [-0.39, 0.29) is 11.8 Å². The van der Waals surface area contributed by atoms with Crippen molar-refractivity contribution in [1.29, 1.82) is 0 Å². The standard InChI is InChI=1S/C19H15Cl2N3O/c20-15-7-6-13(8-16(15)21)19(25)24-9-14(12-4-2-1-3-5-12)18-17(10-24)22-11-23-18/h1-8,11,14H,9-10H2,(H,22,23). The van der Waals surface area contributed by atoms with Gasteiger partial charge in [0.2, 0.25) is 0 Å². The second-order valence-electron chi connectivity index (χ2n) is 6.04. The highest BCUT2D eigenvalue weighted by atomic mass is 35.5. The second kappa shape index (κ2) is 6.54. The average Bonchev–Trinajstić information content (AvgIpc) is 3.12. The molecule has 0 aliphatic carbocycles. The predicted molar refractivity (Wildman–Crippen MR) is 98.1 cm³/mol. The molecule has 0 saturated heterocycles. The maximum atomic E-state index is 13.0. The van der Waals surface area contributed by atoms with Crippen molar-refractivity contribution in [3.8, 4) is 0 Å². The molecule has 1 aliphatic rings. The number of hydrogen-bond acceptors (Lipinski definition) is 2. The minimum absolute atomic E-state index is 0.0444. The van der Waals surface area contributed by atoms with Crippen molar-refractivity contribution in [1.82, 2.24) is 14.9 Å². The van der Waals surface area contributed by atoms with Crippen LogP contribution >= 0.6 is 23.2 Å². The molecule has 1 atom stereocenters. The molecule has 2 aromatic carbocycles. The third-order valence-electron chi connectivity index (χ3n) is 4.49. The molecule has 6 heteroatoms. The third kappa shape index (κ3) is 3.03. The molecule has 0 spiro atoms. The number of aromatic nitrogens is 2. The number of fused-ring (bicyclic) bond motifs is 1. The number of nitrogens with zero attached hydrogens (tertiary/aromatic N) is 2. The maximum Gasteiger partial charge on any atom is 0.254 e. The number of nitrogens with one attached hydrogen (secondary N) is 1. The Morgan fingerprint density at radius 3 is 2.68 bits per heavy atom. The van der Waals surface area contributed by atoms with Gasteiger partial charge in [0.15, 0.2) is 0 Å². The van der Waals surface area contributed by atoms with Crippen LogP contribution in [0.15, 0.2) is 54.9 Å². The molecule has 1 aliphatic heterocycles. The first kappa shape index (κ1) is 16.2. The van der Waals surface area contributed by atoms with Crippen molar-refractivity contribution in [2.45, 2.75) is 12.5 Å². The van der Waals surface area contributed by atoms with Crippen LogP contribution in [0.25, 0.3) is 0 Å². The van der Waals surface area contributed by atoms with Crippen molar-refractivity contribution >= 4 is 29.1 Å². The van der Waals surface area contributed by atoms with Crippen molar-refractivity contribution in [3.63, 3.8) is 0 Å². The smallest absolute Gasteiger partial charge is 0.254 e. The summed E-state index contributed by atoms with van der Waals surface area (Å²) in [6, 6.07) is 15.1. The fraction of sp³-hybridized carbons (Fsp3) is 0.158. The number of hydrogen-bond donors (Lipinski definition) is 1. The first-order chi connectivity index (χ1) is 12.1. The highest BCUT2D eigenvalue weighted by Crippen LogP contribution is 2.32. The van der Waals surface area contributed by atoms with Gasteiger partial charge >= 0.3 is 0 Å². The Labute approximate surface area is 155 Å². The normalized spacial score (nSPS) is 16.6. The molecule has 1 unspecified atom stereocenters. The minimum Gasteiger partial charge on any atom is -0.347 e. The van der Waals surface area contributed by atoms with Gasteiger partial charge in [0, 0.05) is 18.0 Å². The van der Waals surface area contributed by atoms with Crippen LogP contribution in [-0.2, 0) is 6.54 Å². The molecule has 126 valence electrons. The van der Waals surface area contributed by atoms with Crippen LogP contribution in [0.5, 0.6) is 0 Å². The van der Waals surface area contributed by atoms with Gasteiger partial charge in [-0.25, -0.2) is 4.98 Å². The summed E-state index contributed by atoms with van der Waals surface area (Å²) < 4.78 is 0. The summed E-state index contributed by atoms with van der Waals surface area (Å²) in [6.45, 7) is 1.07. The van der Waals surface area contributed by atoms with Crippen molar-refractivity contribution in [3.05, 3.63) is 87.4 Å². The predicted octanol–water partition coefficient (Wildman–Crippen LogP) is 4.50. The zero-order chi connectivity index (χ0) is 17.4. The van der Waals surface area contributed by atoms with Crippen LogP contribution in [0.3, 0.4) is 0 Å². The van der Waals surface area contributed by atoms with E-state index in [1.807, 2.05) is 23.1 Å². The monoisotopic (exact) mass is 371 g/mol. The van der Waals surface area contributed by atoms with Gasteiger partial charge in [0.05, 0.1) is 34.3 Å². The number of halogens is 2. The van der Waals surface area contributed by atoms with Gasteiger partial charge < -0.3 is 9.88 Å². The highest BCUT2D eigenvalue weighted by molar-refractivity contribution is 6.42. The van der Waals surface area contributed by atoms with E-state index in [4.69, 9.17) is 23.2 Å². The van der Waals surface area contributed by atoms with Crippen LogP contribution < -0.4 is 0 Å². The summed E-state index contributed by atoms with van der Waals surface area (Å²) >= 11 is 12.0. The highest BCUT2D eigenvalue weighted by Gasteiger charge is 2.31. The van der Waals surface area contributed by atoms with Crippen LogP contribution in [0.4, 0.5) is 0 Å². The number of carbonyl (C=O) groups is 1. The van der Waals surface area contributed by atoms with Gasteiger partial charge in [0.25, 0.3) is 5.91 Å². The summed E-state index contributed by atoms with van der Waals surface area (Å²) in [5.41, 5.74) is 3.64. The van der Waals surface area contributed by atoms with Crippen molar-refractivity contribution in [2.24, 2.45) is 0 Å². The molecule has 0 saturated carbocycles. The lowest BCUT2D eigenvalue weighted by molar-refractivity contribution is 0.0722. The largest absolute Gasteiger partial charge is 0.347 e. The van der Waals surface area contributed by atoms with Gasteiger partial charge in [-0.1, -0.05) is 53.5 Å². The molecule has 1 amide bonds. The Kier molecular flexibility index (Phi) is 4.24. The Morgan fingerprint density at radius 2 is 1.92 bits per heavy atom. The first-order valence-electron chi connectivity index (χ1n) is 7.95. The van der Waals surface area contributed by atoms with E-state index in [1.54, 1.807) is 24.5 Å². The summed E-state index contributed by atoms with van der Waals surface area (Å²) in [6.07, 6.45) is 1.69. The van der Waals surface area contributed by atoms with E-state index in [0.717, 1.165) is 17.0 Å². The average molecular weight is 372 g/mol. The number of imidazole rings is 1. The van der Waals surface area contributed by atoms with Gasteiger partial charge in [-0.15, -0.1) is 0 Å². The molecular formula is C19H15Cl2N3O. The molecule has 0 fully saturated rings. The van der Waals surface area contributed by atoms with Crippen molar-refractivity contribution in [2.75, 3.05) is 6.54 Å². The molecule has 4 nitrogen and oxygen atoms in total. The van der Waals surface area contributed by atoms with Crippen LogP contribution in [0.2, 0.25) is 10.0 Å². The van der Waals surface area contributed by atoms with E-state index in [2.05, 4.69) is 22.1 Å². The number of aromatic amines is 1. The Morgan fingerprint density at radius 1 is 1.12 bits per heavy atom. The second-order valence-corrected chi connectivity index (χ2v) is 6.86. The van der Waals surface area contributed by atoms with Crippen LogP contribution in [0, 0.1) is 0 Å². The number of H-pyrrole nitrogens is 1. The quantitative estimate of drug-likeness (QED) is 0.720. The molecule has 3 aromatic rings. The lowest BCUT2D eigenvalue weighted by Crippen LogP contribution is -2.38. The molecule has 0 bridgehead atoms. The Bertz CT molecular complexity index is 923. The van der Waals surface area contributed by atoms with Gasteiger partial charge in [-0.2, -0.15) is 0 Å². The number of carbonyl (C=O) groups excluding carboxylic acids is 1. The van der Waals surface area contributed by atoms with Crippen molar-refractivity contribution < 1.29 is 4.79 Å². The van der Waals surface area contributed by atoms with E-state index in [1.165, 1.54) is 0 Å². The Hall–Kier alpha value is -2.30. The fourth-order valence-electron chi connectivity index (χ4n) is 3.24. The van der Waals surface area contributed by atoms with Crippen LogP contribution in [0.1, 0.15) is 33.2 Å². The lowest BCUT2D eigenvalue weighted by atomic mass is 9.90. The zero-order valence-corrected chi connectivity index (χ0v) is 14.8. The number of benzene rings is 2. The molecule has 4 rings (SSSR count). The van der Waals surface area contributed by atoms with Crippen LogP contribution in [-0.4, -0.2) is 27.3 Å². The summed E-state index contributed by atoms with van der Waals surface area (Å²) in [5, 5.41) is 0.821. The number of amides is 1. The van der Waals surface area contributed by atoms with Gasteiger partial charge in [-0.3, -0.25) is 4.79 Å². The molecular weight excluding hydrogens is 357 g/mol. The number of rotatable bonds is 2. The third-order valence-corrected chi connectivity index (χ3v) is 5.23. The van der Waals surface area contributed by atoms with E-state index in [9.17, 15) is 4.79 Å². The molecule has 1 N–H and O–H groups in total. The maximum absolute atomic E-state index is 13.0. The molecule has 1 aromatic heterocycles. The molecule has 2 heterocycles. The molecule has 0 radical (unpaired) electrons. The topological polar surface area (TPSA) is 49.0 Å². The van der Waals surface area contributed by atoms with Gasteiger partial charge in [0.1, 0.15) is 0 Å². The zero-order valence-electron chi connectivity index (χ0n) is 13.2. The fourth-order valence-corrected chi connectivity index (χ4v) is 3.53. The minimum atomic E-state index is -0.0697. The summed E-state index contributed by atoms with van der Waals surface area (Å²) in [4.78, 5) is 22.4. The molecule has 25 heavy (non-hydrogen) atoms. The van der Waals surface area contributed by atoms with E-state index < -0.39 is 0 Å². The van der Waals surface area contributed by atoms with E-state index >= 15 is 0 Å². The summed E-state index contributed by atoms with van der Waals surface area (Å²) in [7, 11) is 0. The SMILES string of the molecule is O=C(c1ccc(Cl)c(Cl)c1)N1Cc2[nH]cnc2C(c2ccccc2)C1.